The van der Waals surface area contributed by atoms with Crippen LogP contribution < -0.4 is 10.1 Å². The van der Waals surface area contributed by atoms with Gasteiger partial charge in [0, 0.05) is 31.7 Å². The third kappa shape index (κ3) is 2.67. The molecular weight excluding hydrogens is 274 g/mol. The predicted octanol–water partition coefficient (Wildman–Crippen LogP) is -0.0683. The van der Waals surface area contributed by atoms with Crippen LogP contribution in [0.5, 0.6) is 5.75 Å². The molecule has 110 valence electrons. The largest absolute Gasteiger partial charge is 0.482 e. The number of amides is 3. The van der Waals surface area contributed by atoms with Crippen LogP contribution in [0.4, 0.5) is 5.69 Å². The first kappa shape index (κ1) is 13.4. The summed E-state index contributed by atoms with van der Waals surface area (Å²) >= 11 is 0. The van der Waals surface area contributed by atoms with E-state index in [1.165, 1.54) is 0 Å². The van der Waals surface area contributed by atoms with Crippen LogP contribution in [0.25, 0.3) is 0 Å². The summed E-state index contributed by atoms with van der Waals surface area (Å²) in [5, 5.41) is 2.69. The highest BCUT2D eigenvalue weighted by atomic mass is 16.5. The first-order valence-corrected chi connectivity index (χ1v) is 6.73. The Morgan fingerprint density at radius 3 is 2.71 bits per heavy atom. The van der Waals surface area contributed by atoms with Crippen molar-refractivity contribution in [1.82, 2.24) is 9.80 Å². The Morgan fingerprint density at radius 2 is 2.00 bits per heavy atom. The zero-order valence-electron chi connectivity index (χ0n) is 11.4. The van der Waals surface area contributed by atoms with Crippen molar-refractivity contribution in [1.29, 1.82) is 0 Å². The summed E-state index contributed by atoms with van der Waals surface area (Å²) in [4.78, 5) is 37.7. The lowest BCUT2D eigenvalue weighted by molar-refractivity contribution is -0.119. The van der Waals surface area contributed by atoms with Gasteiger partial charge in [0.15, 0.2) is 6.61 Å². The lowest BCUT2D eigenvalue weighted by atomic mass is 10.1. The van der Waals surface area contributed by atoms with Gasteiger partial charge in [-0.2, -0.15) is 0 Å². The van der Waals surface area contributed by atoms with Gasteiger partial charge in [0.2, 0.25) is 6.41 Å². The molecule has 2 aliphatic rings. The van der Waals surface area contributed by atoms with E-state index in [0.717, 1.165) is 6.41 Å². The van der Waals surface area contributed by atoms with Gasteiger partial charge in [0.05, 0.1) is 5.69 Å². The molecular formula is C14H15N3O4. The lowest BCUT2D eigenvalue weighted by Gasteiger charge is -2.32. The van der Waals surface area contributed by atoms with Crippen LogP contribution in [-0.2, 0) is 9.59 Å². The SMILES string of the molecule is O=CN1CCN(C(=O)c2ccc3c(c2)NC(=O)CO3)CC1. The van der Waals surface area contributed by atoms with Gasteiger partial charge in [-0.05, 0) is 18.2 Å². The van der Waals surface area contributed by atoms with Gasteiger partial charge in [0.1, 0.15) is 5.75 Å². The number of nitrogens with one attached hydrogen (secondary N) is 1. The molecule has 0 aromatic heterocycles. The number of hydrogen-bond donors (Lipinski definition) is 1. The first-order chi connectivity index (χ1) is 10.2. The van der Waals surface area contributed by atoms with E-state index in [1.54, 1.807) is 28.0 Å². The van der Waals surface area contributed by atoms with Crippen LogP contribution in [-0.4, -0.2) is 60.8 Å². The summed E-state index contributed by atoms with van der Waals surface area (Å²) in [5.74, 6) is 0.229. The standard InChI is InChI=1S/C14H15N3O4/c18-9-16-3-5-17(6-4-16)14(20)10-1-2-12-11(7-10)15-13(19)8-21-12/h1-2,7,9H,3-6,8H2,(H,15,19). The van der Waals surface area contributed by atoms with Crippen molar-refractivity contribution < 1.29 is 19.1 Å². The zero-order chi connectivity index (χ0) is 14.8. The number of ether oxygens (including phenoxy) is 1. The average Bonchev–Trinajstić information content (AvgIpc) is 2.53. The number of carbonyl (C=O) groups excluding carboxylic acids is 3. The van der Waals surface area contributed by atoms with E-state index in [9.17, 15) is 14.4 Å². The summed E-state index contributed by atoms with van der Waals surface area (Å²) in [5.41, 5.74) is 1.02. The third-order valence-electron chi connectivity index (χ3n) is 3.61. The van der Waals surface area contributed by atoms with Crippen LogP contribution in [0.1, 0.15) is 10.4 Å². The zero-order valence-corrected chi connectivity index (χ0v) is 11.4. The fourth-order valence-electron chi connectivity index (χ4n) is 2.43. The van der Waals surface area contributed by atoms with E-state index in [1.807, 2.05) is 0 Å². The average molecular weight is 289 g/mol. The van der Waals surface area contributed by atoms with Crippen LogP contribution >= 0.6 is 0 Å². The minimum atomic E-state index is -0.230. The molecule has 3 amide bonds. The van der Waals surface area contributed by atoms with Crippen molar-refractivity contribution >= 4 is 23.9 Å². The highest BCUT2D eigenvalue weighted by Crippen LogP contribution is 2.28. The Hall–Kier alpha value is -2.57. The van der Waals surface area contributed by atoms with Crippen molar-refractivity contribution in [2.45, 2.75) is 0 Å². The summed E-state index contributed by atoms with van der Waals surface area (Å²) < 4.78 is 5.26. The minimum Gasteiger partial charge on any atom is -0.482 e. The summed E-state index contributed by atoms with van der Waals surface area (Å²) in [6.07, 6.45) is 0.799. The molecule has 0 spiro atoms. The molecule has 1 saturated heterocycles. The highest BCUT2D eigenvalue weighted by Gasteiger charge is 2.23. The van der Waals surface area contributed by atoms with Crippen molar-refractivity contribution in [3.05, 3.63) is 23.8 Å². The first-order valence-electron chi connectivity index (χ1n) is 6.73. The smallest absolute Gasteiger partial charge is 0.262 e. The molecule has 1 N–H and O–H groups in total. The number of hydrogen-bond acceptors (Lipinski definition) is 4. The number of anilines is 1. The van der Waals surface area contributed by atoms with Gasteiger partial charge in [0.25, 0.3) is 11.8 Å². The molecule has 1 fully saturated rings. The van der Waals surface area contributed by atoms with Crippen LogP contribution in [0.3, 0.4) is 0 Å². The van der Waals surface area contributed by atoms with Crippen molar-refractivity contribution in [2.75, 3.05) is 38.1 Å². The topological polar surface area (TPSA) is 79.0 Å². The molecule has 0 aliphatic carbocycles. The van der Waals surface area contributed by atoms with E-state index in [2.05, 4.69) is 5.32 Å². The summed E-state index contributed by atoms with van der Waals surface area (Å²) in [6.45, 7) is 2.10. The van der Waals surface area contributed by atoms with Gasteiger partial charge in [-0.1, -0.05) is 0 Å². The minimum absolute atomic E-state index is 0.00600. The maximum absolute atomic E-state index is 12.4. The molecule has 0 unspecified atom stereocenters. The van der Waals surface area contributed by atoms with Gasteiger partial charge in [-0.25, -0.2) is 0 Å². The lowest BCUT2D eigenvalue weighted by Crippen LogP contribution is -2.48. The van der Waals surface area contributed by atoms with E-state index in [0.29, 0.717) is 43.2 Å². The van der Waals surface area contributed by atoms with Gasteiger partial charge in [-0.3, -0.25) is 14.4 Å². The molecule has 1 aromatic carbocycles. The van der Waals surface area contributed by atoms with E-state index in [4.69, 9.17) is 4.74 Å². The molecule has 7 nitrogen and oxygen atoms in total. The fourth-order valence-corrected chi connectivity index (χ4v) is 2.43. The van der Waals surface area contributed by atoms with Gasteiger partial charge >= 0.3 is 0 Å². The molecule has 0 atom stereocenters. The second kappa shape index (κ2) is 5.43. The van der Waals surface area contributed by atoms with Crippen molar-refractivity contribution in [2.24, 2.45) is 0 Å². The molecule has 1 aromatic rings. The van der Waals surface area contributed by atoms with Gasteiger partial charge < -0.3 is 19.9 Å². The second-order valence-corrected chi connectivity index (χ2v) is 4.98. The third-order valence-corrected chi connectivity index (χ3v) is 3.61. The van der Waals surface area contributed by atoms with Gasteiger partial charge in [-0.15, -0.1) is 0 Å². The second-order valence-electron chi connectivity index (χ2n) is 4.98. The molecule has 0 radical (unpaired) electrons. The molecule has 2 aliphatic heterocycles. The molecule has 3 rings (SSSR count). The Bertz CT molecular complexity index is 594. The quantitative estimate of drug-likeness (QED) is 0.773. The number of piperazine rings is 1. The number of fused-ring (bicyclic) bond motifs is 1. The predicted molar refractivity (Wildman–Crippen MR) is 74.1 cm³/mol. The molecule has 7 heteroatoms. The normalized spacial score (nSPS) is 17.6. The molecule has 0 saturated carbocycles. The Morgan fingerprint density at radius 1 is 1.24 bits per heavy atom. The number of benzene rings is 1. The summed E-state index contributed by atoms with van der Waals surface area (Å²) in [7, 11) is 0. The fraction of sp³-hybridized carbons (Fsp3) is 0.357. The Balaban J connectivity index is 1.75. The highest BCUT2D eigenvalue weighted by molar-refractivity contribution is 5.99. The monoisotopic (exact) mass is 289 g/mol. The summed E-state index contributed by atoms with van der Waals surface area (Å²) in [6, 6.07) is 5.00. The Labute approximate surface area is 121 Å². The maximum Gasteiger partial charge on any atom is 0.262 e. The van der Waals surface area contributed by atoms with Crippen molar-refractivity contribution in [3.8, 4) is 5.75 Å². The number of nitrogens with zero attached hydrogens (tertiary/aromatic N) is 2. The molecule has 0 bridgehead atoms. The molecule has 21 heavy (non-hydrogen) atoms. The van der Waals surface area contributed by atoms with Crippen LogP contribution in [0.15, 0.2) is 18.2 Å². The number of rotatable bonds is 2. The van der Waals surface area contributed by atoms with E-state index in [-0.39, 0.29) is 18.4 Å². The van der Waals surface area contributed by atoms with E-state index < -0.39 is 0 Å². The van der Waals surface area contributed by atoms with Crippen LogP contribution in [0.2, 0.25) is 0 Å². The van der Waals surface area contributed by atoms with Crippen LogP contribution in [0, 0.1) is 0 Å². The molecule has 2 heterocycles. The van der Waals surface area contributed by atoms with Crippen molar-refractivity contribution in [3.63, 3.8) is 0 Å². The maximum atomic E-state index is 12.4. The number of carbonyl (C=O) groups is 3. The Kier molecular flexibility index (Phi) is 3.47. The van der Waals surface area contributed by atoms with E-state index >= 15 is 0 Å².